The fourth-order valence-electron chi connectivity index (χ4n) is 1.94. The fraction of sp³-hybridized carbons (Fsp3) is 0.462. The molecule has 0 saturated carbocycles. The van der Waals surface area contributed by atoms with E-state index in [4.69, 9.17) is 9.47 Å². The third-order valence-electron chi connectivity index (χ3n) is 3.12. The summed E-state index contributed by atoms with van der Waals surface area (Å²) in [5.41, 5.74) is -0.0289. The van der Waals surface area contributed by atoms with E-state index < -0.39 is 5.60 Å². The molecule has 4 nitrogen and oxygen atoms in total. The van der Waals surface area contributed by atoms with E-state index in [0.29, 0.717) is 18.0 Å². The van der Waals surface area contributed by atoms with Crippen LogP contribution in [0.4, 0.5) is 5.69 Å². The number of hydrogen-bond acceptors (Lipinski definition) is 3. The molecule has 1 amide bonds. The van der Waals surface area contributed by atoms with Gasteiger partial charge in [-0.3, -0.25) is 4.79 Å². The van der Waals surface area contributed by atoms with Crippen LogP contribution in [0.2, 0.25) is 0 Å². The Labute approximate surface area is 115 Å². The number of amides is 1. The first-order valence-electron chi connectivity index (χ1n) is 5.84. The molecule has 1 N–H and O–H groups in total. The van der Waals surface area contributed by atoms with Gasteiger partial charge in [0.1, 0.15) is 11.4 Å². The summed E-state index contributed by atoms with van der Waals surface area (Å²) < 4.78 is 11.5. The van der Waals surface area contributed by atoms with Crippen LogP contribution in [-0.2, 0) is 9.53 Å². The molecule has 0 aliphatic carbocycles. The van der Waals surface area contributed by atoms with Gasteiger partial charge in [-0.2, -0.15) is 0 Å². The lowest BCUT2D eigenvalue weighted by Gasteiger charge is -2.22. The first-order chi connectivity index (χ1) is 8.55. The van der Waals surface area contributed by atoms with Crippen LogP contribution in [-0.4, -0.2) is 25.2 Å². The quantitative estimate of drug-likeness (QED) is 0.933. The number of carbonyl (C=O) groups is 1. The highest BCUT2D eigenvalue weighted by molar-refractivity contribution is 9.10. The Hall–Kier alpha value is -1.07. The van der Waals surface area contributed by atoms with Crippen molar-refractivity contribution < 1.29 is 14.3 Å². The Kier molecular flexibility index (Phi) is 3.92. The van der Waals surface area contributed by atoms with Crippen LogP contribution in [0.15, 0.2) is 22.7 Å². The van der Waals surface area contributed by atoms with Gasteiger partial charge < -0.3 is 14.8 Å². The van der Waals surface area contributed by atoms with E-state index in [0.717, 1.165) is 17.3 Å². The number of rotatable bonds is 3. The SMILES string of the molecule is COc1ccc(Br)c(NC(=O)C2(C)CCCO2)c1. The topological polar surface area (TPSA) is 47.6 Å². The second-order valence-electron chi connectivity index (χ2n) is 4.48. The maximum absolute atomic E-state index is 12.2. The minimum Gasteiger partial charge on any atom is -0.497 e. The largest absolute Gasteiger partial charge is 0.497 e. The molecule has 1 aromatic rings. The summed E-state index contributed by atoms with van der Waals surface area (Å²) in [5.74, 6) is 0.583. The number of methoxy groups -OCH3 is 1. The Morgan fingerprint density at radius 1 is 1.56 bits per heavy atom. The summed E-state index contributed by atoms with van der Waals surface area (Å²) in [6.07, 6.45) is 1.67. The molecule has 1 unspecified atom stereocenters. The summed E-state index contributed by atoms with van der Waals surface area (Å²) in [5, 5.41) is 2.88. The third kappa shape index (κ3) is 2.67. The van der Waals surface area contributed by atoms with Gasteiger partial charge >= 0.3 is 0 Å². The Morgan fingerprint density at radius 2 is 2.33 bits per heavy atom. The Balaban J connectivity index is 2.16. The second-order valence-corrected chi connectivity index (χ2v) is 5.34. The van der Waals surface area contributed by atoms with Gasteiger partial charge in [0.15, 0.2) is 0 Å². The number of halogens is 1. The monoisotopic (exact) mass is 313 g/mol. The Bertz CT molecular complexity index is 456. The van der Waals surface area contributed by atoms with Gasteiger partial charge in [-0.25, -0.2) is 0 Å². The number of anilines is 1. The molecule has 2 rings (SSSR count). The molecule has 98 valence electrons. The molecule has 1 fully saturated rings. The van der Waals surface area contributed by atoms with E-state index >= 15 is 0 Å². The van der Waals surface area contributed by atoms with Gasteiger partial charge in [0.25, 0.3) is 5.91 Å². The van der Waals surface area contributed by atoms with Crippen molar-refractivity contribution in [1.29, 1.82) is 0 Å². The highest BCUT2D eigenvalue weighted by atomic mass is 79.9. The highest BCUT2D eigenvalue weighted by Crippen LogP contribution is 2.30. The summed E-state index contributed by atoms with van der Waals surface area (Å²) in [4.78, 5) is 12.2. The normalized spacial score (nSPS) is 22.8. The van der Waals surface area contributed by atoms with Gasteiger partial charge in [0, 0.05) is 17.1 Å². The van der Waals surface area contributed by atoms with Crippen LogP contribution in [0.3, 0.4) is 0 Å². The first kappa shape index (κ1) is 13.4. The predicted molar refractivity (Wildman–Crippen MR) is 72.9 cm³/mol. The molecule has 0 aromatic heterocycles. The smallest absolute Gasteiger partial charge is 0.256 e. The average molecular weight is 314 g/mol. The zero-order chi connectivity index (χ0) is 13.2. The molecule has 0 radical (unpaired) electrons. The number of carbonyl (C=O) groups excluding carboxylic acids is 1. The van der Waals surface area contributed by atoms with Gasteiger partial charge in [-0.15, -0.1) is 0 Å². The molecule has 1 saturated heterocycles. The lowest BCUT2D eigenvalue weighted by Crippen LogP contribution is -2.39. The molecular formula is C13H16BrNO3. The summed E-state index contributed by atoms with van der Waals surface area (Å²) in [7, 11) is 1.59. The molecule has 1 aliphatic heterocycles. The lowest BCUT2D eigenvalue weighted by atomic mass is 10.0. The number of hydrogen-bond donors (Lipinski definition) is 1. The van der Waals surface area contributed by atoms with E-state index in [2.05, 4.69) is 21.2 Å². The first-order valence-corrected chi connectivity index (χ1v) is 6.63. The van der Waals surface area contributed by atoms with Crippen LogP contribution in [0, 0.1) is 0 Å². The second kappa shape index (κ2) is 5.28. The van der Waals surface area contributed by atoms with Crippen LogP contribution >= 0.6 is 15.9 Å². The molecule has 5 heteroatoms. The number of ether oxygens (including phenoxy) is 2. The third-order valence-corrected chi connectivity index (χ3v) is 3.81. The van der Waals surface area contributed by atoms with Gasteiger partial charge in [0.2, 0.25) is 0 Å². The van der Waals surface area contributed by atoms with Crippen molar-refractivity contribution in [2.45, 2.75) is 25.4 Å². The lowest BCUT2D eigenvalue weighted by molar-refractivity contribution is -0.133. The predicted octanol–water partition coefficient (Wildman–Crippen LogP) is 2.97. The minimum absolute atomic E-state index is 0.117. The summed E-state index contributed by atoms with van der Waals surface area (Å²) in [6.45, 7) is 2.46. The standard InChI is InChI=1S/C13H16BrNO3/c1-13(6-3-7-18-13)12(16)15-11-8-9(17-2)4-5-10(11)14/h4-5,8H,3,6-7H2,1-2H3,(H,15,16). The zero-order valence-corrected chi connectivity index (χ0v) is 12.0. The van der Waals surface area contributed by atoms with Crippen molar-refractivity contribution in [2.75, 3.05) is 19.0 Å². The molecular weight excluding hydrogens is 298 g/mol. The molecule has 1 aromatic carbocycles. The number of nitrogens with one attached hydrogen (secondary N) is 1. The molecule has 1 aliphatic rings. The summed E-state index contributed by atoms with van der Waals surface area (Å²) in [6, 6.07) is 5.44. The van der Waals surface area contributed by atoms with Crippen molar-refractivity contribution in [2.24, 2.45) is 0 Å². The molecule has 0 bridgehead atoms. The number of benzene rings is 1. The van der Waals surface area contributed by atoms with E-state index in [1.54, 1.807) is 13.2 Å². The fourth-order valence-corrected chi connectivity index (χ4v) is 2.29. The van der Waals surface area contributed by atoms with Crippen LogP contribution < -0.4 is 10.1 Å². The van der Waals surface area contributed by atoms with Gasteiger partial charge in [-0.05, 0) is 47.8 Å². The zero-order valence-electron chi connectivity index (χ0n) is 10.5. The van der Waals surface area contributed by atoms with Crippen molar-refractivity contribution in [1.82, 2.24) is 0 Å². The Morgan fingerprint density at radius 3 is 2.94 bits per heavy atom. The molecule has 1 heterocycles. The van der Waals surface area contributed by atoms with Crippen LogP contribution in [0.5, 0.6) is 5.75 Å². The van der Waals surface area contributed by atoms with Crippen molar-refractivity contribution >= 4 is 27.5 Å². The van der Waals surface area contributed by atoms with Gasteiger partial charge in [0.05, 0.1) is 12.8 Å². The van der Waals surface area contributed by atoms with Crippen LogP contribution in [0.1, 0.15) is 19.8 Å². The van der Waals surface area contributed by atoms with E-state index in [1.165, 1.54) is 0 Å². The van der Waals surface area contributed by atoms with Crippen molar-refractivity contribution in [3.63, 3.8) is 0 Å². The maximum Gasteiger partial charge on any atom is 0.256 e. The van der Waals surface area contributed by atoms with Crippen LogP contribution in [0.25, 0.3) is 0 Å². The van der Waals surface area contributed by atoms with E-state index in [-0.39, 0.29) is 5.91 Å². The summed E-state index contributed by atoms with van der Waals surface area (Å²) >= 11 is 3.40. The van der Waals surface area contributed by atoms with Gasteiger partial charge in [-0.1, -0.05) is 0 Å². The molecule has 0 spiro atoms. The average Bonchev–Trinajstić information content (AvgIpc) is 2.80. The maximum atomic E-state index is 12.2. The van der Waals surface area contributed by atoms with Crippen molar-refractivity contribution in [3.05, 3.63) is 22.7 Å². The van der Waals surface area contributed by atoms with E-state index in [1.807, 2.05) is 19.1 Å². The van der Waals surface area contributed by atoms with E-state index in [9.17, 15) is 4.79 Å². The van der Waals surface area contributed by atoms with Crippen molar-refractivity contribution in [3.8, 4) is 5.75 Å². The molecule has 18 heavy (non-hydrogen) atoms. The molecule has 1 atom stereocenters. The minimum atomic E-state index is -0.720. The highest BCUT2D eigenvalue weighted by Gasteiger charge is 2.37.